The van der Waals surface area contributed by atoms with Gasteiger partial charge in [0.1, 0.15) is 4.01 Å². The predicted molar refractivity (Wildman–Crippen MR) is 98.0 cm³/mol. The predicted octanol–water partition coefficient (Wildman–Crippen LogP) is 5.05. The molecule has 2 aromatic heterocycles. The number of piperidine rings is 1. The summed E-state index contributed by atoms with van der Waals surface area (Å²) in [6, 6.07) is 5.39. The summed E-state index contributed by atoms with van der Waals surface area (Å²) < 4.78 is 27.3. The number of halogens is 2. The summed E-state index contributed by atoms with van der Waals surface area (Å²) in [6.07, 6.45) is 3.74. The van der Waals surface area contributed by atoms with Gasteiger partial charge in [-0.2, -0.15) is 0 Å². The van der Waals surface area contributed by atoms with E-state index in [0.717, 1.165) is 39.9 Å². The number of Topliss-reactive ketones (excluding diaryl/α,β-unsaturated/α-hetero) is 1. The van der Waals surface area contributed by atoms with Crippen molar-refractivity contribution in [1.82, 2.24) is 4.98 Å². The topological polar surface area (TPSA) is 33.2 Å². The van der Waals surface area contributed by atoms with Crippen LogP contribution in [0.25, 0.3) is 9.53 Å². The normalized spacial score (nSPS) is 15.0. The highest BCUT2D eigenvalue weighted by atomic mass is 32.2. The Balaban J connectivity index is 1.51. The number of hydrogen-bond acceptors (Lipinski definition) is 5. The molecule has 1 saturated heterocycles. The Kier molecular flexibility index (Phi) is 4.52. The molecule has 0 amide bonds. The molecule has 0 bridgehead atoms. The van der Waals surface area contributed by atoms with E-state index in [2.05, 4.69) is 9.88 Å². The maximum Gasteiger partial charge on any atom is 0.187 e. The average Bonchev–Trinajstić information content (AvgIpc) is 3.18. The number of ketones is 1. The van der Waals surface area contributed by atoms with Crippen LogP contribution in [0.2, 0.25) is 0 Å². The number of benzene rings is 1. The lowest BCUT2D eigenvalue weighted by atomic mass is 10.1. The lowest BCUT2D eigenvalue weighted by Gasteiger charge is -2.25. The third-order valence-electron chi connectivity index (χ3n) is 4.33. The first-order chi connectivity index (χ1) is 12.1. The molecule has 0 N–H and O–H groups in total. The van der Waals surface area contributed by atoms with E-state index in [0.29, 0.717) is 10.4 Å². The third-order valence-corrected chi connectivity index (χ3v) is 6.72. The van der Waals surface area contributed by atoms with Crippen molar-refractivity contribution in [3.8, 4) is 0 Å². The second kappa shape index (κ2) is 6.80. The molecule has 3 nitrogen and oxygen atoms in total. The monoisotopic (exact) mass is 378 g/mol. The average molecular weight is 378 g/mol. The molecule has 25 heavy (non-hydrogen) atoms. The number of thiazole rings is 1. The van der Waals surface area contributed by atoms with Crippen molar-refractivity contribution in [3.63, 3.8) is 0 Å². The van der Waals surface area contributed by atoms with E-state index >= 15 is 0 Å². The first-order valence-corrected chi connectivity index (χ1v) is 9.86. The summed E-state index contributed by atoms with van der Waals surface area (Å²) in [5.74, 6) is -1.92. The number of hydrogen-bond donors (Lipinski definition) is 0. The van der Waals surface area contributed by atoms with Gasteiger partial charge in [-0.3, -0.25) is 4.79 Å². The van der Waals surface area contributed by atoms with Crippen LogP contribution in [0.5, 0.6) is 0 Å². The molecule has 1 fully saturated rings. The van der Waals surface area contributed by atoms with E-state index in [-0.39, 0.29) is 12.2 Å². The molecule has 3 heterocycles. The van der Waals surface area contributed by atoms with Gasteiger partial charge in [0.15, 0.2) is 22.5 Å². The van der Waals surface area contributed by atoms with Gasteiger partial charge < -0.3 is 4.90 Å². The summed E-state index contributed by atoms with van der Waals surface area (Å²) in [4.78, 5) is 20.0. The fraction of sp³-hybridized carbons (Fsp3) is 0.333. The molecule has 7 heteroatoms. The highest BCUT2D eigenvalue weighted by molar-refractivity contribution is 7.40. The van der Waals surface area contributed by atoms with E-state index in [9.17, 15) is 13.6 Å². The van der Waals surface area contributed by atoms with Crippen LogP contribution < -0.4 is 4.90 Å². The molecule has 0 unspecified atom stereocenters. The molecule has 4 rings (SSSR count). The smallest absolute Gasteiger partial charge is 0.187 e. The number of carbonyl (C=O) groups excluding carboxylic acids is 1. The van der Waals surface area contributed by atoms with Crippen LogP contribution in [0.4, 0.5) is 13.9 Å². The van der Waals surface area contributed by atoms with Crippen molar-refractivity contribution in [2.24, 2.45) is 0 Å². The van der Waals surface area contributed by atoms with E-state index < -0.39 is 11.6 Å². The number of thiophene rings is 1. The van der Waals surface area contributed by atoms with Gasteiger partial charge in [-0.1, -0.05) is 17.4 Å². The Bertz CT molecular complexity index is 897. The standard InChI is InChI=1S/C18H16F2N2OS2/c19-12-5-4-11(8-13(12)20)9-15(23)16-10-14-17(24-16)25-18(21-14)22-6-2-1-3-7-22/h4-5,8,10H,1-3,6-7,9H2. The Morgan fingerprint density at radius 3 is 2.60 bits per heavy atom. The van der Waals surface area contributed by atoms with Crippen LogP contribution in [0.3, 0.4) is 0 Å². The van der Waals surface area contributed by atoms with E-state index in [4.69, 9.17) is 0 Å². The molecule has 130 valence electrons. The van der Waals surface area contributed by atoms with Crippen molar-refractivity contribution in [2.45, 2.75) is 25.7 Å². The lowest BCUT2D eigenvalue weighted by molar-refractivity contribution is 0.0997. The van der Waals surface area contributed by atoms with Crippen molar-refractivity contribution in [2.75, 3.05) is 18.0 Å². The lowest BCUT2D eigenvalue weighted by Crippen LogP contribution is -2.29. The minimum atomic E-state index is -0.926. The Labute approximate surface area is 151 Å². The highest BCUT2D eigenvalue weighted by Crippen LogP contribution is 2.36. The molecule has 1 aliphatic heterocycles. The summed E-state index contributed by atoms with van der Waals surface area (Å²) in [5, 5.41) is 1.03. The molecule has 3 aromatic rings. The third kappa shape index (κ3) is 3.43. The highest BCUT2D eigenvalue weighted by Gasteiger charge is 2.19. The number of fused-ring (bicyclic) bond motifs is 1. The Morgan fingerprint density at radius 2 is 1.88 bits per heavy atom. The van der Waals surface area contributed by atoms with Gasteiger partial charge in [0.25, 0.3) is 0 Å². The molecule has 0 saturated carbocycles. The van der Waals surface area contributed by atoms with Crippen LogP contribution in [-0.4, -0.2) is 23.9 Å². The van der Waals surface area contributed by atoms with Gasteiger partial charge in [-0.15, -0.1) is 11.3 Å². The van der Waals surface area contributed by atoms with Crippen LogP contribution >= 0.6 is 22.7 Å². The van der Waals surface area contributed by atoms with Gasteiger partial charge in [0.2, 0.25) is 0 Å². The van der Waals surface area contributed by atoms with Gasteiger partial charge in [-0.05, 0) is 43.0 Å². The number of rotatable bonds is 4. The summed E-state index contributed by atoms with van der Waals surface area (Å²) in [6.45, 7) is 2.09. The van der Waals surface area contributed by atoms with Gasteiger partial charge in [0, 0.05) is 19.5 Å². The van der Waals surface area contributed by atoms with Crippen LogP contribution in [0, 0.1) is 11.6 Å². The second-order valence-corrected chi connectivity index (χ2v) is 8.46. The largest absolute Gasteiger partial charge is 0.348 e. The van der Waals surface area contributed by atoms with Crippen LogP contribution in [0.1, 0.15) is 34.5 Å². The van der Waals surface area contributed by atoms with Gasteiger partial charge >= 0.3 is 0 Å². The molecule has 1 aliphatic rings. The quantitative estimate of drug-likeness (QED) is 0.596. The molecule has 0 aliphatic carbocycles. The van der Waals surface area contributed by atoms with E-state index in [1.165, 1.54) is 36.7 Å². The Hall–Kier alpha value is -1.86. The van der Waals surface area contributed by atoms with Crippen LogP contribution in [-0.2, 0) is 6.42 Å². The summed E-state index contributed by atoms with van der Waals surface area (Å²) in [7, 11) is 0. The van der Waals surface area contributed by atoms with Gasteiger partial charge in [0.05, 0.1) is 10.4 Å². The number of aromatic nitrogens is 1. The Morgan fingerprint density at radius 1 is 1.08 bits per heavy atom. The number of carbonyl (C=O) groups is 1. The minimum absolute atomic E-state index is 0.0595. The van der Waals surface area contributed by atoms with E-state index in [1.807, 2.05) is 6.07 Å². The zero-order valence-electron chi connectivity index (χ0n) is 13.4. The zero-order chi connectivity index (χ0) is 17.4. The van der Waals surface area contributed by atoms with Crippen LogP contribution in [0.15, 0.2) is 24.3 Å². The summed E-state index contributed by atoms with van der Waals surface area (Å²) >= 11 is 3.05. The summed E-state index contributed by atoms with van der Waals surface area (Å²) in [5.41, 5.74) is 1.33. The first-order valence-electron chi connectivity index (χ1n) is 8.22. The molecule has 0 atom stereocenters. The minimum Gasteiger partial charge on any atom is -0.348 e. The molecular formula is C18H16F2N2OS2. The molecular weight excluding hydrogens is 362 g/mol. The second-order valence-electron chi connectivity index (χ2n) is 6.18. The maximum absolute atomic E-state index is 13.3. The molecule has 0 radical (unpaired) electrons. The number of nitrogens with zero attached hydrogens (tertiary/aromatic N) is 2. The SMILES string of the molecule is O=C(Cc1ccc(F)c(F)c1)c1cc2nc(N3CCCCC3)sc2s1. The molecule has 1 aromatic carbocycles. The fourth-order valence-electron chi connectivity index (χ4n) is 3.00. The zero-order valence-corrected chi connectivity index (χ0v) is 15.1. The van der Waals surface area contributed by atoms with Crippen molar-refractivity contribution < 1.29 is 13.6 Å². The van der Waals surface area contributed by atoms with Gasteiger partial charge in [-0.25, -0.2) is 13.8 Å². The molecule has 0 spiro atoms. The van der Waals surface area contributed by atoms with Crippen molar-refractivity contribution in [1.29, 1.82) is 0 Å². The van der Waals surface area contributed by atoms with Crippen molar-refractivity contribution >= 4 is 43.1 Å². The van der Waals surface area contributed by atoms with Crippen molar-refractivity contribution in [3.05, 3.63) is 46.3 Å². The van der Waals surface area contributed by atoms with E-state index in [1.54, 1.807) is 11.3 Å². The first kappa shape index (κ1) is 16.6. The number of anilines is 1. The fourth-order valence-corrected chi connectivity index (χ4v) is 5.26. The maximum atomic E-state index is 13.3.